The number of aromatic nitrogens is 2. The summed E-state index contributed by atoms with van der Waals surface area (Å²) in [6, 6.07) is 3.49. The minimum Gasteiger partial charge on any atom is -0.346 e. The van der Waals surface area contributed by atoms with E-state index in [-0.39, 0.29) is 0 Å². The molecule has 1 aliphatic carbocycles. The Bertz CT molecular complexity index is 858. The smallest absolute Gasteiger partial charge is 0.346 e. The molecule has 0 atom stereocenters. The van der Waals surface area contributed by atoms with Crippen molar-refractivity contribution in [3.05, 3.63) is 35.8 Å². The number of aromatic amines is 1. The average Bonchev–Trinajstić information content (AvgIpc) is 3.18. The highest BCUT2D eigenvalue weighted by atomic mass is 19.4. The maximum Gasteiger partial charge on any atom is 0.493 e. The summed E-state index contributed by atoms with van der Waals surface area (Å²) in [6.45, 7) is 0.394. The van der Waals surface area contributed by atoms with Crippen molar-refractivity contribution >= 4 is 22.7 Å². The Morgan fingerprint density at radius 2 is 2.04 bits per heavy atom. The Hall–Kier alpha value is -2.71. The van der Waals surface area contributed by atoms with Crippen LogP contribution in [0.4, 0.5) is 18.9 Å². The van der Waals surface area contributed by atoms with Crippen molar-refractivity contribution in [1.82, 2.24) is 15.1 Å². The van der Waals surface area contributed by atoms with Gasteiger partial charge in [-0.3, -0.25) is 0 Å². The van der Waals surface area contributed by atoms with E-state index in [1.54, 1.807) is 29.5 Å². The van der Waals surface area contributed by atoms with Crippen LogP contribution in [0.25, 0.3) is 11.0 Å². The number of halogens is 3. The molecule has 0 aromatic carbocycles. The molecule has 1 aliphatic heterocycles. The predicted octanol–water partition coefficient (Wildman–Crippen LogP) is 3.45. The Morgan fingerprint density at radius 3 is 2.84 bits per heavy atom. The molecule has 4 rings (SSSR count). The molecule has 6 nitrogen and oxygen atoms in total. The first-order valence-electron chi connectivity index (χ1n) is 7.95. The second-order valence-electron chi connectivity index (χ2n) is 6.03. The van der Waals surface area contributed by atoms with Gasteiger partial charge in [0.2, 0.25) is 0 Å². The van der Waals surface area contributed by atoms with Crippen molar-refractivity contribution in [2.24, 2.45) is 0 Å². The summed E-state index contributed by atoms with van der Waals surface area (Å²) in [7, 11) is 0. The van der Waals surface area contributed by atoms with E-state index < -0.39 is 12.1 Å². The van der Waals surface area contributed by atoms with Crippen LogP contribution in [-0.2, 0) is 9.63 Å². The van der Waals surface area contributed by atoms with Gasteiger partial charge in [0.25, 0.3) is 0 Å². The fourth-order valence-electron chi connectivity index (χ4n) is 3.33. The third-order valence-electron chi connectivity index (χ3n) is 4.46. The van der Waals surface area contributed by atoms with E-state index in [4.69, 9.17) is 4.84 Å². The molecule has 2 aromatic rings. The Labute approximate surface area is 140 Å². The van der Waals surface area contributed by atoms with E-state index in [0.717, 1.165) is 35.4 Å². The van der Waals surface area contributed by atoms with Gasteiger partial charge in [0.15, 0.2) is 0 Å². The number of hydroxylamine groups is 1. The van der Waals surface area contributed by atoms with Crippen LogP contribution in [0.2, 0.25) is 0 Å². The summed E-state index contributed by atoms with van der Waals surface area (Å²) in [4.78, 5) is 23.3. The first kappa shape index (κ1) is 15.8. The highest BCUT2D eigenvalue weighted by Crippen LogP contribution is 2.39. The molecule has 3 heterocycles. The van der Waals surface area contributed by atoms with Gasteiger partial charge in [-0.15, -0.1) is 5.17 Å². The van der Waals surface area contributed by atoms with Gasteiger partial charge in [0.05, 0.1) is 17.9 Å². The van der Waals surface area contributed by atoms with Crippen LogP contribution in [-0.4, -0.2) is 33.8 Å². The third-order valence-corrected chi connectivity index (χ3v) is 4.46. The summed E-state index contributed by atoms with van der Waals surface area (Å²) in [5.41, 5.74) is 2.89. The summed E-state index contributed by atoms with van der Waals surface area (Å²) >= 11 is 0. The number of nitrogens with zero attached hydrogens (tertiary/aromatic N) is 3. The third kappa shape index (κ3) is 2.69. The zero-order valence-corrected chi connectivity index (χ0v) is 13.1. The maximum atomic E-state index is 12.7. The van der Waals surface area contributed by atoms with Crippen LogP contribution in [0.3, 0.4) is 0 Å². The number of hydrogen-bond donors (Lipinski definition) is 1. The quantitative estimate of drug-likeness (QED) is 0.897. The molecule has 0 saturated heterocycles. The van der Waals surface area contributed by atoms with Crippen molar-refractivity contribution in [2.75, 3.05) is 11.6 Å². The number of hydrazine groups is 1. The van der Waals surface area contributed by atoms with Crippen LogP contribution in [0.1, 0.15) is 25.7 Å². The minimum absolute atomic E-state index is 0.394. The Kier molecular flexibility index (Phi) is 3.59. The van der Waals surface area contributed by atoms with Gasteiger partial charge in [-0.25, -0.2) is 14.8 Å². The molecular weight excluding hydrogens is 337 g/mol. The molecule has 2 aromatic heterocycles. The van der Waals surface area contributed by atoms with Gasteiger partial charge in [0, 0.05) is 17.8 Å². The molecule has 25 heavy (non-hydrogen) atoms. The summed E-state index contributed by atoms with van der Waals surface area (Å²) in [5, 5.41) is 3.33. The van der Waals surface area contributed by atoms with Crippen LogP contribution in [0, 0.1) is 0 Å². The van der Waals surface area contributed by atoms with E-state index in [1.807, 2.05) is 0 Å². The zero-order valence-electron chi connectivity index (χ0n) is 13.1. The number of pyridine rings is 1. The van der Waals surface area contributed by atoms with Gasteiger partial charge in [-0.2, -0.15) is 13.2 Å². The normalized spacial score (nSPS) is 18.0. The van der Waals surface area contributed by atoms with E-state index in [2.05, 4.69) is 9.97 Å². The highest BCUT2D eigenvalue weighted by molar-refractivity contribution is 5.90. The van der Waals surface area contributed by atoms with Gasteiger partial charge >= 0.3 is 12.1 Å². The number of fused-ring (bicyclic) bond motifs is 1. The minimum atomic E-state index is -5.05. The lowest BCUT2D eigenvalue weighted by Gasteiger charge is -2.32. The molecule has 2 aliphatic rings. The molecule has 0 bridgehead atoms. The fraction of sp³-hybridized carbons (Fsp3) is 0.375. The predicted molar refractivity (Wildman–Crippen MR) is 82.9 cm³/mol. The number of allylic oxidation sites excluding steroid dienone is 1. The van der Waals surface area contributed by atoms with E-state index >= 15 is 0 Å². The standard InChI is InChI=1S/C16H15F3N4O2/c17-16(18,19)15(24)25-23-12-4-2-1-3-10(12)9-22(23)13-6-8-21-14-11(13)5-7-20-14/h5-8H,1-4,9H2,(H,20,21). The van der Waals surface area contributed by atoms with Crippen LogP contribution in [0.5, 0.6) is 0 Å². The number of H-pyrrole nitrogens is 1. The van der Waals surface area contributed by atoms with E-state index in [9.17, 15) is 18.0 Å². The lowest BCUT2D eigenvalue weighted by molar-refractivity contribution is -0.232. The molecule has 0 fully saturated rings. The molecule has 0 saturated carbocycles. The molecule has 132 valence electrons. The second kappa shape index (κ2) is 5.68. The van der Waals surface area contributed by atoms with Crippen molar-refractivity contribution in [2.45, 2.75) is 31.9 Å². The summed E-state index contributed by atoms with van der Waals surface area (Å²) in [5.74, 6) is -2.23. The lowest BCUT2D eigenvalue weighted by Crippen LogP contribution is -2.42. The lowest BCUT2D eigenvalue weighted by atomic mass is 9.97. The average molecular weight is 352 g/mol. The fourth-order valence-corrected chi connectivity index (χ4v) is 3.33. The molecule has 9 heteroatoms. The Balaban J connectivity index is 1.73. The van der Waals surface area contributed by atoms with Gasteiger partial charge in [-0.05, 0) is 43.4 Å². The molecule has 1 N–H and O–H groups in total. The summed E-state index contributed by atoms with van der Waals surface area (Å²) in [6.07, 6.45) is 1.41. The van der Waals surface area contributed by atoms with Crippen molar-refractivity contribution in [3.8, 4) is 0 Å². The summed E-state index contributed by atoms with van der Waals surface area (Å²) < 4.78 is 38.1. The van der Waals surface area contributed by atoms with Gasteiger partial charge in [-0.1, -0.05) is 0 Å². The molecule has 0 spiro atoms. The molecular formula is C16H15F3N4O2. The largest absolute Gasteiger partial charge is 0.493 e. The number of anilines is 1. The molecule has 0 amide bonds. The number of hydrogen-bond acceptors (Lipinski definition) is 5. The van der Waals surface area contributed by atoms with Crippen molar-refractivity contribution in [1.29, 1.82) is 0 Å². The second-order valence-corrected chi connectivity index (χ2v) is 6.03. The maximum absolute atomic E-state index is 12.7. The van der Waals surface area contributed by atoms with E-state index in [1.165, 1.54) is 0 Å². The number of nitrogens with one attached hydrogen (secondary N) is 1. The number of rotatable bonds is 2. The number of carbonyl (C=O) groups excluding carboxylic acids is 1. The molecule has 0 radical (unpaired) electrons. The van der Waals surface area contributed by atoms with Crippen LogP contribution in [0.15, 0.2) is 35.8 Å². The monoisotopic (exact) mass is 352 g/mol. The van der Waals surface area contributed by atoms with Gasteiger partial charge in [0.1, 0.15) is 5.65 Å². The topological polar surface area (TPSA) is 61.5 Å². The van der Waals surface area contributed by atoms with Crippen LogP contribution >= 0.6 is 0 Å². The SMILES string of the molecule is O=C(ON1C2=C(CCCC2)CN1c1ccnc2[nH]ccc12)C(F)(F)F. The molecule has 0 unspecified atom stereocenters. The van der Waals surface area contributed by atoms with Gasteiger partial charge < -0.3 is 9.82 Å². The number of alkyl halides is 3. The van der Waals surface area contributed by atoms with Crippen molar-refractivity contribution < 1.29 is 22.8 Å². The zero-order chi connectivity index (χ0) is 17.6. The van der Waals surface area contributed by atoms with E-state index in [0.29, 0.717) is 30.0 Å². The highest BCUT2D eigenvalue weighted by Gasteiger charge is 2.45. The van der Waals surface area contributed by atoms with Crippen molar-refractivity contribution in [3.63, 3.8) is 0 Å². The van der Waals surface area contributed by atoms with Crippen LogP contribution < -0.4 is 5.01 Å². The Morgan fingerprint density at radius 1 is 1.24 bits per heavy atom. The number of carbonyl (C=O) groups is 1. The first-order chi connectivity index (χ1) is 11.9. The first-order valence-corrected chi connectivity index (χ1v) is 7.95.